The Balaban J connectivity index is 2.25. The summed E-state index contributed by atoms with van der Waals surface area (Å²) in [6.45, 7) is 1.90. The Kier molecular flexibility index (Phi) is 3.61. The molecule has 0 fully saturated rings. The first kappa shape index (κ1) is 15.2. The number of aryl methyl sites for hydroxylation is 1. The minimum absolute atomic E-state index is 0.161. The van der Waals surface area contributed by atoms with Gasteiger partial charge in [0.05, 0.1) is 15.5 Å². The van der Waals surface area contributed by atoms with Crippen molar-refractivity contribution in [1.29, 1.82) is 0 Å². The van der Waals surface area contributed by atoms with Crippen LogP contribution in [0.3, 0.4) is 0 Å². The third-order valence-corrected chi connectivity index (χ3v) is 8.10. The molecule has 0 spiro atoms. The molecule has 0 N–H and O–H groups in total. The predicted octanol–water partition coefficient (Wildman–Crippen LogP) is 2.55. The van der Waals surface area contributed by atoms with Crippen molar-refractivity contribution in [1.82, 2.24) is 0 Å². The number of hydrogen-bond acceptors (Lipinski definition) is 4. The standard InChI is InChI=1S/C16H16O4S2/c1-2-12-7-6-10-14-16(12)15(11-21(14,17)18)22(19,20)13-8-4-3-5-9-13/h3-10,15H,2,11H2,1H3. The first-order valence-corrected chi connectivity index (χ1v) is 10.2. The van der Waals surface area contributed by atoms with Crippen LogP contribution in [0, 0.1) is 0 Å². The van der Waals surface area contributed by atoms with Crippen LogP contribution in [0.25, 0.3) is 0 Å². The molecule has 6 heteroatoms. The topological polar surface area (TPSA) is 68.3 Å². The van der Waals surface area contributed by atoms with E-state index in [0.29, 0.717) is 12.0 Å². The van der Waals surface area contributed by atoms with Crippen molar-refractivity contribution in [3.63, 3.8) is 0 Å². The number of benzene rings is 2. The molecule has 1 heterocycles. The van der Waals surface area contributed by atoms with E-state index in [1.165, 1.54) is 18.2 Å². The van der Waals surface area contributed by atoms with Gasteiger partial charge in [0.2, 0.25) is 0 Å². The molecule has 0 saturated carbocycles. The molecule has 1 atom stereocenters. The summed E-state index contributed by atoms with van der Waals surface area (Å²) in [5.41, 5.74) is 1.23. The summed E-state index contributed by atoms with van der Waals surface area (Å²) < 4.78 is 50.5. The van der Waals surface area contributed by atoms with Crippen molar-refractivity contribution >= 4 is 19.7 Å². The van der Waals surface area contributed by atoms with E-state index in [2.05, 4.69) is 0 Å². The maximum absolute atomic E-state index is 12.9. The second-order valence-electron chi connectivity index (χ2n) is 5.31. The molecule has 22 heavy (non-hydrogen) atoms. The van der Waals surface area contributed by atoms with Crippen LogP contribution in [-0.4, -0.2) is 22.6 Å². The Morgan fingerprint density at radius 2 is 1.73 bits per heavy atom. The Morgan fingerprint density at radius 3 is 2.36 bits per heavy atom. The van der Waals surface area contributed by atoms with E-state index in [4.69, 9.17) is 0 Å². The molecular weight excluding hydrogens is 320 g/mol. The van der Waals surface area contributed by atoms with Crippen molar-refractivity contribution in [3.8, 4) is 0 Å². The number of sulfone groups is 2. The van der Waals surface area contributed by atoms with Gasteiger partial charge in [0.1, 0.15) is 5.25 Å². The number of rotatable bonds is 3. The molecule has 1 aliphatic heterocycles. The summed E-state index contributed by atoms with van der Waals surface area (Å²) >= 11 is 0. The minimum atomic E-state index is -3.73. The fraction of sp³-hybridized carbons (Fsp3) is 0.250. The molecule has 0 bridgehead atoms. The summed E-state index contributed by atoms with van der Waals surface area (Å²) in [5.74, 6) is -0.378. The average Bonchev–Trinajstić information content (AvgIpc) is 2.81. The maximum Gasteiger partial charge on any atom is 0.186 e. The van der Waals surface area contributed by atoms with Gasteiger partial charge in [-0.2, -0.15) is 0 Å². The summed E-state index contributed by atoms with van der Waals surface area (Å²) in [6, 6.07) is 13.0. The van der Waals surface area contributed by atoms with Crippen LogP contribution < -0.4 is 0 Å². The Hall–Kier alpha value is -1.66. The highest BCUT2D eigenvalue weighted by Crippen LogP contribution is 2.42. The minimum Gasteiger partial charge on any atom is -0.224 e. The molecule has 2 aromatic rings. The predicted molar refractivity (Wildman–Crippen MR) is 84.2 cm³/mol. The Labute approximate surface area is 130 Å². The zero-order chi connectivity index (χ0) is 16.0. The maximum atomic E-state index is 12.9. The van der Waals surface area contributed by atoms with E-state index >= 15 is 0 Å². The van der Waals surface area contributed by atoms with Crippen LogP contribution >= 0.6 is 0 Å². The monoisotopic (exact) mass is 336 g/mol. The third-order valence-electron chi connectivity index (χ3n) is 4.01. The van der Waals surface area contributed by atoms with Gasteiger partial charge in [-0.3, -0.25) is 0 Å². The van der Waals surface area contributed by atoms with Crippen molar-refractivity contribution in [2.45, 2.75) is 28.4 Å². The smallest absolute Gasteiger partial charge is 0.186 e. The largest absolute Gasteiger partial charge is 0.224 e. The van der Waals surface area contributed by atoms with Gasteiger partial charge >= 0.3 is 0 Å². The quantitative estimate of drug-likeness (QED) is 0.864. The second-order valence-corrected chi connectivity index (χ2v) is 9.44. The van der Waals surface area contributed by atoms with E-state index in [0.717, 1.165) is 5.56 Å². The Morgan fingerprint density at radius 1 is 1.05 bits per heavy atom. The summed E-state index contributed by atoms with van der Waals surface area (Å²) in [4.78, 5) is 0.324. The molecule has 4 nitrogen and oxygen atoms in total. The molecule has 1 unspecified atom stereocenters. The molecule has 0 saturated heterocycles. The molecular formula is C16H16O4S2. The first-order valence-electron chi connectivity index (χ1n) is 7.01. The van der Waals surface area contributed by atoms with Crippen molar-refractivity contribution in [3.05, 3.63) is 59.7 Å². The van der Waals surface area contributed by atoms with Gasteiger partial charge < -0.3 is 0 Å². The van der Waals surface area contributed by atoms with E-state index in [9.17, 15) is 16.8 Å². The van der Waals surface area contributed by atoms with E-state index in [-0.39, 0.29) is 15.5 Å². The highest BCUT2D eigenvalue weighted by atomic mass is 32.2. The zero-order valence-corrected chi connectivity index (χ0v) is 13.7. The lowest BCUT2D eigenvalue weighted by Gasteiger charge is -2.14. The van der Waals surface area contributed by atoms with Crippen LogP contribution in [0.5, 0.6) is 0 Å². The summed E-state index contributed by atoms with van der Waals surface area (Å²) in [6.07, 6.45) is 0.597. The molecule has 1 aliphatic rings. The third kappa shape index (κ3) is 2.27. The fourth-order valence-corrected chi connectivity index (χ4v) is 7.35. The highest BCUT2D eigenvalue weighted by Gasteiger charge is 2.43. The molecule has 0 radical (unpaired) electrons. The Bertz CT molecular complexity index is 914. The normalized spacial score (nSPS) is 19.8. The van der Waals surface area contributed by atoms with Gasteiger partial charge in [-0.05, 0) is 35.7 Å². The van der Waals surface area contributed by atoms with Gasteiger partial charge in [0, 0.05) is 0 Å². The van der Waals surface area contributed by atoms with Crippen LogP contribution in [-0.2, 0) is 26.1 Å². The van der Waals surface area contributed by atoms with Gasteiger partial charge in [-0.1, -0.05) is 37.3 Å². The fourth-order valence-electron chi connectivity index (χ4n) is 2.93. The van der Waals surface area contributed by atoms with Crippen LogP contribution in [0.2, 0.25) is 0 Å². The summed E-state index contributed by atoms with van der Waals surface area (Å²) in [5, 5.41) is -1.02. The summed E-state index contributed by atoms with van der Waals surface area (Å²) in [7, 11) is -7.29. The molecule has 2 aromatic carbocycles. The van der Waals surface area contributed by atoms with Gasteiger partial charge in [-0.25, -0.2) is 16.8 Å². The van der Waals surface area contributed by atoms with Crippen molar-refractivity contribution in [2.24, 2.45) is 0 Å². The lowest BCUT2D eigenvalue weighted by atomic mass is 10.0. The average molecular weight is 336 g/mol. The van der Waals surface area contributed by atoms with Gasteiger partial charge in [0.15, 0.2) is 19.7 Å². The van der Waals surface area contributed by atoms with E-state index < -0.39 is 24.9 Å². The van der Waals surface area contributed by atoms with Crippen LogP contribution in [0.1, 0.15) is 23.3 Å². The SMILES string of the molecule is CCc1cccc2c1C(S(=O)(=O)c1ccccc1)CS2(=O)=O. The molecule has 3 rings (SSSR count). The van der Waals surface area contributed by atoms with Crippen molar-refractivity contribution in [2.75, 3.05) is 5.75 Å². The molecule has 116 valence electrons. The number of hydrogen-bond donors (Lipinski definition) is 0. The van der Waals surface area contributed by atoms with Crippen molar-refractivity contribution < 1.29 is 16.8 Å². The zero-order valence-electron chi connectivity index (χ0n) is 12.1. The molecule has 0 amide bonds. The first-order chi connectivity index (χ1) is 10.4. The lowest BCUT2D eigenvalue weighted by Crippen LogP contribution is -2.16. The molecule has 0 aliphatic carbocycles. The lowest BCUT2D eigenvalue weighted by molar-refractivity contribution is 0.582. The van der Waals surface area contributed by atoms with E-state index in [1.54, 1.807) is 30.3 Å². The number of fused-ring (bicyclic) bond motifs is 1. The van der Waals surface area contributed by atoms with Crippen LogP contribution in [0.15, 0.2) is 58.3 Å². The van der Waals surface area contributed by atoms with Gasteiger partial charge in [-0.15, -0.1) is 0 Å². The second kappa shape index (κ2) is 5.21. The van der Waals surface area contributed by atoms with Crippen LogP contribution in [0.4, 0.5) is 0 Å². The van der Waals surface area contributed by atoms with E-state index in [1.807, 2.05) is 6.92 Å². The van der Waals surface area contributed by atoms with Gasteiger partial charge in [0.25, 0.3) is 0 Å². The highest BCUT2D eigenvalue weighted by molar-refractivity contribution is 7.96. The molecule has 0 aromatic heterocycles.